The molecule has 130 valence electrons. The maximum Gasteiger partial charge on any atom is 0.255 e. The molecule has 0 fully saturated rings. The topological polar surface area (TPSA) is 38.3 Å². The Hall–Kier alpha value is -3.33. The van der Waals surface area contributed by atoms with Crippen LogP contribution >= 0.6 is 0 Å². The summed E-state index contributed by atoms with van der Waals surface area (Å²) in [5, 5.41) is 3.01. The van der Waals surface area contributed by atoms with Crippen molar-refractivity contribution in [1.29, 1.82) is 0 Å². The zero-order chi connectivity index (χ0) is 18.2. The summed E-state index contributed by atoms with van der Waals surface area (Å²) >= 11 is 0. The fraction of sp³-hybridized carbons (Fsp3) is 0.0870. The van der Waals surface area contributed by atoms with E-state index in [9.17, 15) is 4.79 Å². The van der Waals surface area contributed by atoms with Crippen LogP contribution in [0.25, 0.3) is 0 Å². The number of ether oxygens (including phenoxy) is 1. The molecule has 0 saturated heterocycles. The molecule has 0 aliphatic heterocycles. The van der Waals surface area contributed by atoms with Crippen molar-refractivity contribution < 1.29 is 9.53 Å². The van der Waals surface area contributed by atoms with Gasteiger partial charge >= 0.3 is 0 Å². The van der Waals surface area contributed by atoms with E-state index in [4.69, 9.17) is 4.74 Å². The summed E-state index contributed by atoms with van der Waals surface area (Å²) in [5.41, 5.74) is 3.70. The van der Waals surface area contributed by atoms with E-state index < -0.39 is 0 Å². The van der Waals surface area contributed by atoms with Crippen LogP contribution in [0.5, 0.6) is 5.75 Å². The molecule has 3 rings (SSSR count). The molecular weight excluding hydrogens is 322 g/mol. The summed E-state index contributed by atoms with van der Waals surface area (Å²) < 4.78 is 5.44. The van der Waals surface area contributed by atoms with Crippen LogP contribution in [0.1, 0.15) is 21.5 Å². The van der Waals surface area contributed by atoms with Gasteiger partial charge < -0.3 is 10.1 Å². The zero-order valence-corrected chi connectivity index (χ0v) is 14.5. The second-order valence-electron chi connectivity index (χ2n) is 5.90. The van der Waals surface area contributed by atoms with E-state index in [0.29, 0.717) is 17.9 Å². The summed E-state index contributed by atoms with van der Waals surface area (Å²) in [6, 6.07) is 25.2. The third-order valence-electron chi connectivity index (χ3n) is 3.99. The highest BCUT2D eigenvalue weighted by molar-refractivity contribution is 6.04. The maximum atomic E-state index is 12.6. The molecule has 26 heavy (non-hydrogen) atoms. The van der Waals surface area contributed by atoms with Crippen LogP contribution in [-0.4, -0.2) is 12.5 Å². The van der Waals surface area contributed by atoms with Gasteiger partial charge in [0.05, 0.1) is 0 Å². The molecule has 0 bridgehead atoms. The van der Waals surface area contributed by atoms with Crippen LogP contribution in [0, 0.1) is 0 Å². The van der Waals surface area contributed by atoms with Crippen LogP contribution in [-0.2, 0) is 6.42 Å². The van der Waals surface area contributed by atoms with Crippen molar-refractivity contribution in [3.8, 4) is 5.75 Å². The number of anilines is 1. The molecule has 3 heteroatoms. The molecule has 0 unspecified atom stereocenters. The van der Waals surface area contributed by atoms with Gasteiger partial charge in [-0.15, -0.1) is 0 Å². The molecule has 0 aliphatic rings. The van der Waals surface area contributed by atoms with Gasteiger partial charge in [-0.25, -0.2) is 0 Å². The second kappa shape index (κ2) is 8.67. The Bertz CT molecular complexity index is 870. The quantitative estimate of drug-likeness (QED) is 0.607. The molecule has 0 heterocycles. The fourth-order valence-electron chi connectivity index (χ4n) is 2.66. The number of para-hydroxylation sites is 1. The number of nitrogens with one attached hydrogen (secondary N) is 1. The van der Waals surface area contributed by atoms with Gasteiger partial charge in [-0.2, -0.15) is 0 Å². The molecule has 3 aromatic rings. The number of hydrogen-bond acceptors (Lipinski definition) is 2. The first-order valence-corrected chi connectivity index (χ1v) is 8.53. The van der Waals surface area contributed by atoms with Gasteiger partial charge in [-0.3, -0.25) is 4.79 Å². The Kier molecular flexibility index (Phi) is 5.84. The third kappa shape index (κ3) is 4.61. The number of benzene rings is 3. The van der Waals surface area contributed by atoms with Crippen LogP contribution in [0.2, 0.25) is 0 Å². The van der Waals surface area contributed by atoms with E-state index in [1.807, 2.05) is 42.5 Å². The lowest BCUT2D eigenvalue weighted by molar-refractivity contribution is 0.102. The molecule has 0 spiro atoms. The lowest BCUT2D eigenvalue weighted by Gasteiger charge is -2.12. The zero-order valence-electron chi connectivity index (χ0n) is 14.5. The Morgan fingerprint density at radius 2 is 1.62 bits per heavy atom. The molecule has 0 radical (unpaired) electrons. The van der Waals surface area contributed by atoms with E-state index in [1.54, 1.807) is 30.3 Å². The van der Waals surface area contributed by atoms with Gasteiger partial charge in [0, 0.05) is 11.3 Å². The largest absolute Gasteiger partial charge is 0.490 e. The Balaban J connectivity index is 1.72. The third-order valence-corrected chi connectivity index (χ3v) is 3.99. The highest BCUT2D eigenvalue weighted by Crippen LogP contribution is 2.20. The lowest BCUT2D eigenvalue weighted by atomic mass is 10.0. The first kappa shape index (κ1) is 17.5. The lowest BCUT2D eigenvalue weighted by Crippen LogP contribution is -2.13. The van der Waals surface area contributed by atoms with E-state index in [2.05, 4.69) is 24.0 Å². The van der Waals surface area contributed by atoms with E-state index in [1.165, 1.54) is 5.56 Å². The molecular formula is C23H21NO2. The molecule has 0 atom stereocenters. The minimum absolute atomic E-state index is 0.138. The van der Waals surface area contributed by atoms with E-state index in [-0.39, 0.29) is 5.91 Å². The Labute approximate surface area is 154 Å². The smallest absolute Gasteiger partial charge is 0.255 e. The molecule has 1 N–H and O–H groups in total. The van der Waals surface area contributed by atoms with Crippen molar-refractivity contribution in [3.63, 3.8) is 0 Å². The van der Waals surface area contributed by atoms with Crippen LogP contribution in [0.15, 0.2) is 91.5 Å². The normalized spacial score (nSPS) is 10.2. The van der Waals surface area contributed by atoms with Crippen LogP contribution in [0.4, 0.5) is 5.69 Å². The van der Waals surface area contributed by atoms with E-state index >= 15 is 0 Å². The average Bonchev–Trinajstić information content (AvgIpc) is 2.69. The maximum absolute atomic E-state index is 12.6. The Morgan fingerprint density at radius 1 is 0.923 bits per heavy atom. The van der Waals surface area contributed by atoms with Gasteiger partial charge in [0.2, 0.25) is 0 Å². The van der Waals surface area contributed by atoms with Crippen molar-refractivity contribution in [2.75, 3.05) is 11.9 Å². The van der Waals surface area contributed by atoms with Crippen molar-refractivity contribution >= 4 is 11.6 Å². The predicted octanol–water partition coefficient (Wildman–Crippen LogP) is 5.09. The van der Waals surface area contributed by atoms with Crippen LogP contribution in [0.3, 0.4) is 0 Å². The van der Waals surface area contributed by atoms with Crippen LogP contribution < -0.4 is 10.1 Å². The summed E-state index contributed by atoms with van der Waals surface area (Å²) in [6.07, 6.45) is 2.45. The Morgan fingerprint density at radius 3 is 2.35 bits per heavy atom. The standard InChI is InChI=1S/C23H21NO2/c1-2-16-26-21-14-12-19(13-15-21)23(25)24-22-11-7-6-10-20(22)17-18-8-4-3-5-9-18/h2-15H,1,16-17H2,(H,24,25). The predicted molar refractivity (Wildman–Crippen MR) is 106 cm³/mol. The van der Waals surface area contributed by atoms with Gasteiger partial charge in [0.1, 0.15) is 12.4 Å². The van der Waals surface area contributed by atoms with Crippen molar-refractivity contribution in [2.45, 2.75) is 6.42 Å². The van der Waals surface area contributed by atoms with E-state index in [0.717, 1.165) is 17.7 Å². The summed E-state index contributed by atoms with van der Waals surface area (Å²) in [6.45, 7) is 4.06. The number of amides is 1. The van der Waals surface area contributed by atoms with Crippen molar-refractivity contribution in [2.24, 2.45) is 0 Å². The molecule has 0 saturated carbocycles. The fourth-order valence-corrected chi connectivity index (χ4v) is 2.66. The summed E-state index contributed by atoms with van der Waals surface area (Å²) in [7, 11) is 0. The molecule has 1 amide bonds. The second-order valence-corrected chi connectivity index (χ2v) is 5.90. The van der Waals surface area contributed by atoms with Gasteiger partial charge in [-0.05, 0) is 47.9 Å². The van der Waals surface area contributed by atoms with Crippen molar-refractivity contribution in [3.05, 3.63) is 108 Å². The first-order valence-electron chi connectivity index (χ1n) is 8.53. The molecule has 3 nitrogen and oxygen atoms in total. The van der Waals surface area contributed by atoms with Crippen molar-refractivity contribution in [1.82, 2.24) is 0 Å². The molecule has 0 aromatic heterocycles. The first-order chi connectivity index (χ1) is 12.8. The summed E-state index contributed by atoms with van der Waals surface area (Å²) in [5.74, 6) is 0.576. The number of carbonyl (C=O) groups excluding carboxylic acids is 1. The number of hydrogen-bond donors (Lipinski definition) is 1. The SMILES string of the molecule is C=CCOc1ccc(C(=O)Nc2ccccc2Cc2ccccc2)cc1. The molecule has 3 aromatic carbocycles. The monoisotopic (exact) mass is 343 g/mol. The number of rotatable bonds is 7. The minimum atomic E-state index is -0.138. The minimum Gasteiger partial charge on any atom is -0.490 e. The van der Waals surface area contributed by atoms with Gasteiger partial charge in [0.25, 0.3) is 5.91 Å². The van der Waals surface area contributed by atoms with Gasteiger partial charge in [0.15, 0.2) is 0 Å². The van der Waals surface area contributed by atoms with Gasteiger partial charge in [-0.1, -0.05) is 61.2 Å². The average molecular weight is 343 g/mol. The highest BCUT2D eigenvalue weighted by Gasteiger charge is 2.09. The number of carbonyl (C=O) groups is 1. The summed E-state index contributed by atoms with van der Waals surface area (Å²) in [4.78, 5) is 12.6. The molecule has 0 aliphatic carbocycles. The highest BCUT2D eigenvalue weighted by atomic mass is 16.5.